The van der Waals surface area contributed by atoms with Crippen molar-refractivity contribution in [1.82, 2.24) is 19.8 Å². The molecule has 32 heavy (non-hydrogen) atoms. The number of aromatic nitrogens is 2. The van der Waals surface area contributed by atoms with Crippen molar-refractivity contribution >= 4 is 11.9 Å². The number of likely N-dealkylation sites (tertiary alicyclic amines) is 2. The van der Waals surface area contributed by atoms with Crippen LogP contribution >= 0.6 is 0 Å². The first-order valence-corrected chi connectivity index (χ1v) is 11.7. The summed E-state index contributed by atoms with van der Waals surface area (Å²) in [5, 5.41) is 0. The van der Waals surface area contributed by atoms with E-state index in [9.17, 15) is 9.18 Å². The van der Waals surface area contributed by atoms with E-state index in [0.29, 0.717) is 24.6 Å². The van der Waals surface area contributed by atoms with Crippen molar-refractivity contribution in [2.45, 2.75) is 38.5 Å². The van der Waals surface area contributed by atoms with Gasteiger partial charge in [0.25, 0.3) is 0 Å². The Balaban J connectivity index is 1.56. The topological polar surface area (TPSA) is 52.6 Å². The standard InChI is InChI=1S/C25H34FN5O/c1-18-10-13-30(14-11-18)17-23(32)31-12-6-7-19(16-31)24-21(15-27-25(28-24)29(2)3)20-8-4-5-9-22(20)26/h4-5,8-9,15,18-19H,6-7,10-14,16-17H2,1-3H3/t19-/m1/s1. The summed E-state index contributed by atoms with van der Waals surface area (Å²) in [5.41, 5.74) is 2.06. The molecule has 1 amide bonds. The number of halogens is 1. The van der Waals surface area contributed by atoms with E-state index in [4.69, 9.17) is 4.98 Å². The summed E-state index contributed by atoms with van der Waals surface area (Å²) in [6.07, 6.45) is 5.90. The summed E-state index contributed by atoms with van der Waals surface area (Å²) in [4.78, 5) is 28.5. The molecular formula is C25H34FN5O. The maximum absolute atomic E-state index is 14.6. The first-order valence-electron chi connectivity index (χ1n) is 11.7. The van der Waals surface area contributed by atoms with Crippen LogP contribution in [0.3, 0.4) is 0 Å². The molecule has 2 saturated heterocycles. The monoisotopic (exact) mass is 439 g/mol. The summed E-state index contributed by atoms with van der Waals surface area (Å²) in [5.74, 6) is 1.33. The Morgan fingerprint density at radius 3 is 2.59 bits per heavy atom. The predicted octanol–water partition coefficient (Wildman–Crippen LogP) is 3.79. The van der Waals surface area contributed by atoms with Gasteiger partial charge in [0, 0.05) is 50.4 Å². The number of carbonyl (C=O) groups is 1. The van der Waals surface area contributed by atoms with Crippen molar-refractivity contribution in [2.24, 2.45) is 5.92 Å². The number of carbonyl (C=O) groups excluding carboxylic acids is 1. The molecule has 0 saturated carbocycles. The molecule has 2 aromatic rings. The zero-order valence-corrected chi connectivity index (χ0v) is 19.4. The minimum absolute atomic E-state index is 0.0605. The molecular weight excluding hydrogens is 405 g/mol. The zero-order chi connectivity index (χ0) is 22.7. The van der Waals surface area contributed by atoms with E-state index in [0.717, 1.165) is 62.5 Å². The van der Waals surface area contributed by atoms with Gasteiger partial charge in [0.05, 0.1) is 12.2 Å². The van der Waals surface area contributed by atoms with Crippen molar-refractivity contribution in [3.05, 3.63) is 42.0 Å². The fourth-order valence-corrected chi connectivity index (χ4v) is 4.74. The van der Waals surface area contributed by atoms with Crippen molar-refractivity contribution in [3.63, 3.8) is 0 Å². The summed E-state index contributed by atoms with van der Waals surface area (Å²) in [6, 6.07) is 6.76. The Hall–Kier alpha value is -2.54. The number of benzene rings is 1. The lowest BCUT2D eigenvalue weighted by atomic mass is 9.89. The van der Waals surface area contributed by atoms with Gasteiger partial charge in [-0.05, 0) is 50.8 Å². The van der Waals surface area contributed by atoms with Gasteiger partial charge in [-0.1, -0.05) is 25.1 Å². The Labute approximate surface area is 190 Å². The molecule has 4 rings (SSSR count). The lowest BCUT2D eigenvalue weighted by Crippen LogP contribution is -2.46. The minimum atomic E-state index is -0.280. The van der Waals surface area contributed by atoms with Crippen LogP contribution < -0.4 is 4.90 Å². The third-order valence-corrected chi connectivity index (χ3v) is 6.77. The van der Waals surface area contributed by atoms with Crippen LogP contribution in [0.5, 0.6) is 0 Å². The molecule has 1 atom stereocenters. The molecule has 6 nitrogen and oxygen atoms in total. The largest absolute Gasteiger partial charge is 0.347 e. The smallest absolute Gasteiger partial charge is 0.236 e. The maximum Gasteiger partial charge on any atom is 0.236 e. The van der Waals surface area contributed by atoms with E-state index < -0.39 is 0 Å². The average Bonchev–Trinajstić information content (AvgIpc) is 2.80. The van der Waals surface area contributed by atoms with Crippen LogP contribution in [0.4, 0.5) is 10.3 Å². The quantitative estimate of drug-likeness (QED) is 0.710. The average molecular weight is 440 g/mol. The van der Waals surface area contributed by atoms with Crippen LogP contribution in [0.1, 0.15) is 44.2 Å². The van der Waals surface area contributed by atoms with Gasteiger partial charge in [0.2, 0.25) is 11.9 Å². The molecule has 0 bridgehead atoms. The van der Waals surface area contributed by atoms with Gasteiger partial charge < -0.3 is 9.80 Å². The highest BCUT2D eigenvalue weighted by atomic mass is 19.1. The van der Waals surface area contributed by atoms with Crippen LogP contribution in [0.2, 0.25) is 0 Å². The van der Waals surface area contributed by atoms with Gasteiger partial charge in [-0.2, -0.15) is 0 Å². The van der Waals surface area contributed by atoms with E-state index in [-0.39, 0.29) is 17.6 Å². The molecule has 0 N–H and O–H groups in total. The Kier molecular flexibility index (Phi) is 7.04. The third kappa shape index (κ3) is 5.09. The van der Waals surface area contributed by atoms with Crippen LogP contribution in [-0.4, -0.2) is 72.5 Å². The lowest BCUT2D eigenvalue weighted by molar-refractivity contribution is -0.134. The maximum atomic E-state index is 14.6. The number of piperidine rings is 2. The summed E-state index contributed by atoms with van der Waals surface area (Å²) in [6.45, 7) is 6.17. The number of hydrogen-bond acceptors (Lipinski definition) is 5. The first-order chi connectivity index (χ1) is 15.4. The van der Waals surface area contributed by atoms with Gasteiger partial charge in [-0.3, -0.25) is 9.69 Å². The van der Waals surface area contributed by atoms with Gasteiger partial charge in [-0.15, -0.1) is 0 Å². The second-order valence-corrected chi connectivity index (χ2v) is 9.48. The zero-order valence-electron chi connectivity index (χ0n) is 19.4. The van der Waals surface area contributed by atoms with Crippen molar-refractivity contribution < 1.29 is 9.18 Å². The van der Waals surface area contributed by atoms with E-state index in [1.807, 2.05) is 30.0 Å². The van der Waals surface area contributed by atoms with Gasteiger partial charge in [-0.25, -0.2) is 14.4 Å². The Morgan fingerprint density at radius 1 is 1.12 bits per heavy atom. The van der Waals surface area contributed by atoms with E-state index in [1.165, 1.54) is 6.07 Å². The molecule has 1 aromatic carbocycles. The molecule has 2 fully saturated rings. The van der Waals surface area contributed by atoms with Crippen molar-refractivity contribution in [1.29, 1.82) is 0 Å². The second kappa shape index (κ2) is 9.94. The summed E-state index contributed by atoms with van der Waals surface area (Å²) in [7, 11) is 3.80. The number of amides is 1. The molecule has 2 aliphatic rings. The van der Waals surface area contributed by atoms with Crippen LogP contribution in [0.25, 0.3) is 11.1 Å². The van der Waals surface area contributed by atoms with Gasteiger partial charge in [0.15, 0.2) is 0 Å². The highest BCUT2D eigenvalue weighted by Crippen LogP contribution is 2.35. The lowest BCUT2D eigenvalue weighted by Gasteiger charge is -2.36. The molecule has 7 heteroatoms. The molecule has 2 aliphatic heterocycles. The number of rotatable bonds is 5. The van der Waals surface area contributed by atoms with E-state index in [2.05, 4.69) is 16.8 Å². The number of anilines is 1. The molecule has 3 heterocycles. The summed E-state index contributed by atoms with van der Waals surface area (Å²) < 4.78 is 14.6. The molecule has 1 aromatic heterocycles. The molecule has 0 radical (unpaired) electrons. The minimum Gasteiger partial charge on any atom is -0.347 e. The Morgan fingerprint density at radius 2 is 1.88 bits per heavy atom. The summed E-state index contributed by atoms with van der Waals surface area (Å²) >= 11 is 0. The van der Waals surface area contributed by atoms with E-state index >= 15 is 0 Å². The third-order valence-electron chi connectivity index (χ3n) is 6.77. The molecule has 0 spiro atoms. The first kappa shape index (κ1) is 22.6. The van der Waals surface area contributed by atoms with Crippen LogP contribution in [-0.2, 0) is 4.79 Å². The normalized spacial score (nSPS) is 20.4. The second-order valence-electron chi connectivity index (χ2n) is 9.48. The number of hydrogen-bond donors (Lipinski definition) is 0. The highest BCUT2D eigenvalue weighted by molar-refractivity contribution is 5.78. The van der Waals surface area contributed by atoms with Crippen LogP contribution in [0, 0.1) is 11.7 Å². The number of nitrogens with zero attached hydrogens (tertiary/aromatic N) is 5. The SMILES string of the molecule is CC1CCN(CC(=O)N2CCC[C@@H](c3nc(N(C)C)ncc3-c3ccccc3F)C2)CC1. The fraction of sp³-hybridized carbons (Fsp3) is 0.560. The molecule has 0 unspecified atom stereocenters. The molecule has 172 valence electrons. The fourth-order valence-electron chi connectivity index (χ4n) is 4.74. The van der Waals surface area contributed by atoms with Crippen molar-refractivity contribution in [3.8, 4) is 11.1 Å². The Bertz CT molecular complexity index is 942. The van der Waals surface area contributed by atoms with Crippen LogP contribution in [0.15, 0.2) is 30.5 Å². The molecule has 0 aliphatic carbocycles. The van der Waals surface area contributed by atoms with Crippen molar-refractivity contribution in [2.75, 3.05) is 51.7 Å². The van der Waals surface area contributed by atoms with Gasteiger partial charge >= 0.3 is 0 Å². The van der Waals surface area contributed by atoms with E-state index in [1.54, 1.807) is 18.3 Å². The van der Waals surface area contributed by atoms with Gasteiger partial charge in [0.1, 0.15) is 5.82 Å². The highest BCUT2D eigenvalue weighted by Gasteiger charge is 2.30. The predicted molar refractivity (Wildman–Crippen MR) is 125 cm³/mol.